The van der Waals surface area contributed by atoms with Crippen molar-refractivity contribution in [2.45, 2.75) is 42.9 Å². The number of hydrogen-bond donors (Lipinski definition) is 6. The Labute approximate surface area is 257 Å². The van der Waals surface area contributed by atoms with E-state index in [0.717, 1.165) is 6.33 Å². The molecule has 23 heteroatoms. The van der Waals surface area contributed by atoms with Crippen molar-refractivity contribution in [1.29, 1.82) is 0 Å². The molecule has 1 unspecified atom stereocenters. The van der Waals surface area contributed by atoms with Crippen LogP contribution in [0.15, 0.2) is 12.7 Å². The van der Waals surface area contributed by atoms with Crippen LogP contribution in [-0.4, -0.2) is 101 Å². The summed E-state index contributed by atoms with van der Waals surface area (Å²) in [6, 6.07) is 0. The zero-order valence-corrected chi connectivity index (χ0v) is 25.6. The van der Waals surface area contributed by atoms with Gasteiger partial charge in [0.1, 0.15) is 48.5 Å². The summed E-state index contributed by atoms with van der Waals surface area (Å²) in [5, 5.41) is 49.2. The quantitative estimate of drug-likeness (QED) is 0.0745. The number of fused-ring (bicyclic) bond motifs is 1. The van der Waals surface area contributed by atoms with Gasteiger partial charge in [-0.2, -0.15) is 0 Å². The first-order chi connectivity index (χ1) is 16.8. The zero-order valence-electron chi connectivity index (χ0n) is 19.9. The van der Waals surface area contributed by atoms with Crippen molar-refractivity contribution in [3.05, 3.63) is 12.7 Å². The number of ether oxygens (including phenoxy) is 1. The largest absolute Gasteiger partial charge is 1.00 e. The molecule has 1 aliphatic rings. The number of rotatable bonds is 12. The average Bonchev–Trinajstić information content (AvgIpc) is 3.36. The van der Waals surface area contributed by atoms with Crippen molar-refractivity contribution in [3.8, 4) is 0 Å². The maximum Gasteiger partial charge on any atom is 1.00 e. The molecular weight excluding hydrogens is 582 g/mol. The van der Waals surface area contributed by atoms with Gasteiger partial charge >= 0.3 is 66.9 Å². The molecule has 1 fully saturated rings. The molecule has 1 aliphatic heterocycles. The van der Waals surface area contributed by atoms with Crippen molar-refractivity contribution in [1.82, 2.24) is 19.5 Å². The Bertz CT molecular complexity index is 1170. The number of nitrogens with two attached hydrogens (primary N) is 1. The predicted molar refractivity (Wildman–Crippen MR) is 108 cm³/mol. The Morgan fingerprint density at radius 2 is 1.79 bits per heavy atom. The Hall–Kier alpha value is 0.0400. The molecule has 0 bridgehead atoms. The molecule has 3 rings (SSSR count). The summed E-state index contributed by atoms with van der Waals surface area (Å²) in [6.07, 6.45) is -10.3. The van der Waals surface area contributed by atoms with Crippen LogP contribution in [0.2, 0.25) is 0 Å². The third-order valence-corrected chi connectivity index (χ3v) is 7.41. The van der Waals surface area contributed by atoms with Crippen molar-refractivity contribution in [3.63, 3.8) is 0 Å². The number of aromatic nitrogens is 4. The molecule has 3 heterocycles. The molecule has 0 aromatic carbocycles. The Morgan fingerprint density at radius 1 is 1.13 bits per heavy atom. The molecule has 1 saturated heterocycles. The van der Waals surface area contributed by atoms with Crippen LogP contribution in [0.5, 0.6) is 0 Å². The van der Waals surface area contributed by atoms with Crippen molar-refractivity contribution >= 4 is 38.9 Å². The maximum atomic E-state index is 12.7. The van der Waals surface area contributed by atoms with E-state index < -0.39 is 71.7 Å². The van der Waals surface area contributed by atoms with E-state index in [0.29, 0.717) is 0 Å². The molecular formula is C15H21N5Na2O14P2. The number of aldehydes is 1. The van der Waals surface area contributed by atoms with Crippen LogP contribution < -0.4 is 74.6 Å². The summed E-state index contributed by atoms with van der Waals surface area (Å²) >= 11 is 0. The Balaban J connectivity index is 0.00000361. The van der Waals surface area contributed by atoms with Crippen LogP contribution in [0, 0.1) is 0 Å². The molecule has 202 valence electrons. The molecule has 2 aromatic heterocycles. The number of aliphatic hydroxyl groups is 5. The van der Waals surface area contributed by atoms with Gasteiger partial charge in [-0.3, -0.25) is 17.9 Å². The normalized spacial score (nSPS) is 25.6. The van der Waals surface area contributed by atoms with Crippen LogP contribution in [0.4, 0.5) is 5.82 Å². The second kappa shape index (κ2) is 14.8. The van der Waals surface area contributed by atoms with E-state index in [-0.39, 0.29) is 82.4 Å². The van der Waals surface area contributed by atoms with E-state index in [9.17, 15) is 49.2 Å². The monoisotopic (exact) mass is 603 g/mol. The molecule has 8 atom stereocenters. The summed E-state index contributed by atoms with van der Waals surface area (Å²) in [6.45, 7) is -2.21. The van der Waals surface area contributed by atoms with Crippen molar-refractivity contribution < 1.29 is 126 Å². The van der Waals surface area contributed by atoms with Crippen molar-refractivity contribution in [2.75, 3.05) is 18.9 Å². The van der Waals surface area contributed by atoms with Crippen LogP contribution in [0.3, 0.4) is 0 Å². The second-order valence-corrected chi connectivity index (χ2v) is 10.3. The third kappa shape index (κ3) is 8.77. The minimum atomic E-state index is -6.02. The molecule has 2 aromatic rings. The van der Waals surface area contributed by atoms with Gasteiger partial charge in [-0.15, -0.1) is 0 Å². The summed E-state index contributed by atoms with van der Waals surface area (Å²) in [7, 11) is -11.4. The fraction of sp³-hybridized carbons (Fsp3) is 0.600. The number of phosphoric ester groups is 1. The predicted octanol–water partition coefficient (Wildman–Crippen LogP) is -10.7. The SMILES string of the molecule is Nc1ncnc2c1ncn2[C@@H]1O[C@H](COP(=O)(OC[C@@H](O)[C@@H](O)[C@@H](O)C=O)OP(=O)([O-])[O-])[C@@H](O)[C@H]1O.[Na+].[Na+]. The Morgan fingerprint density at radius 3 is 2.39 bits per heavy atom. The summed E-state index contributed by atoms with van der Waals surface area (Å²) in [4.78, 5) is 44.2. The number of hydrogen-bond acceptors (Lipinski definition) is 18. The molecule has 0 saturated carbocycles. The van der Waals surface area contributed by atoms with Gasteiger partial charge < -0.3 is 55.1 Å². The smallest absolute Gasteiger partial charge is 0.789 e. The Kier molecular flexibility index (Phi) is 14.0. The van der Waals surface area contributed by atoms with Gasteiger partial charge in [-0.05, 0) is 0 Å². The van der Waals surface area contributed by atoms with E-state index in [4.69, 9.17) is 15.0 Å². The van der Waals surface area contributed by atoms with Gasteiger partial charge in [0, 0.05) is 0 Å². The zero-order chi connectivity index (χ0) is 26.8. The van der Waals surface area contributed by atoms with Gasteiger partial charge in [0.25, 0.3) is 0 Å². The fourth-order valence-electron chi connectivity index (χ4n) is 3.10. The minimum absolute atomic E-state index is 0. The number of phosphoric acid groups is 2. The molecule has 0 radical (unpaired) electrons. The fourth-order valence-corrected chi connectivity index (χ4v) is 5.20. The second-order valence-electron chi connectivity index (χ2n) is 7.38. The molecule has 19 nitrogen and oxygen atoms in total. The number of carbonyl (C=O) groups is 1. The van der Waals surface area contributed by atoms with Crippen molar-refractivity contribution in [2.24, 2.45) is 0 Å². The van der Waals surface area contributed by atoms with Gasteiger partial charge in [-0.1, -0.05) is 0 Å². The summed E-state index contributed by atoms with van der Waals surface area (Å²) in [5.41, 5.74) is 5.99. The van der Waals surface area contributed by atoms with Crippen LogP contribution >= 0.6 is 15.6 Å². The molecule has 38 heavy (non-hydrogen) atoms. The maximum absolute atomic E-state index is 12.7. The number of anilines is 1. The van der Waals surface area contributed by atoms with E-state index in [1.807, 2.05) is 0 Å². The van der Waals surface area contributed by atoms with Gasteiger partial charge in [0.15, 0.2) is 24.0 Å². The number of nitrogen functional groups attached to an aromatic ring is 1. The first-order valence-electron chi connectivity index (χ1n) is 9.83. The first kappa shape index (κ1) is 36.1. The molecule has 0 amide bonds. The topological polar surface area (TPSA) is 305 Å². The third-order valence-electron chi connectivity index (χ3n) is 4.88. The van der Waals surface area contributed by atoms with E-state index in [1.165, 1.54) is 10.9 Å². The summed E-state index contributed by atoms with van der Waals surface area (Å²) in [5.74, 6) is 0.0227. The van der Waals surface area contributed by atoms with Crippen LogP contribution in [0.1, 0.15) is 6.23 Å². The summed E-state index contributed by atoms with van der Waals surface area (Å²) < 4.78 is 43.5. The molecule has 0 aliphatic carbocycles. The van der Waals surface area contributed by atoms with Gasteiger partial charge in [0.05, 0.1) is 27.4 Å². The molecule has 7 N–H and O–H groups in total. The van der Waals surface area contributed by atoms with Gasteiger partial charge in [0.2, 0.25) is 0 Å². The van der Waals surface area contributed by atoms with E-state index in [2.05, 4.69) is 23.8 Å². The standard InChI is InChI=1S/C15H23N5O14P2.2Na/c16-13-9-14(18-4-17-13)20(5-19-9)15-12(26)11(25)8(33-15)3-32-36(30,34-35(27,28)29)31-2-7(23)10(24)6(22)1-21;;/h1,4-8,10-12,15,22-26H,2-3H2,(H2,16,17,18)(H2,27,28,29);;/q;2*+1/p-2/t6-,7+,8+,10-,11+,12+,15+,36?;;/m0../s1. The van der Waals surface area contributed by atoms with Crippen LogP contribution in [0.25, 0.3) is 11.2 Å². The average molecular weight is 603 g/mol. The van der Waals surface area contributed by atoms with Crippen LogP contribution in [-0.2, 0) is 32.0 Å². The number of nitrogens with zero attached hydrogens (tertiary/aromatic N) is 4. The molecule has 0 spiro atoms. The number of carbonyl (C=O) groups excluding carboxylic acids is 1. The van der Waals surface area contributed by atoms with E-state index >= 15 is 0 Å². The number of imidazole rings is 1. The van der Waals surface area contributed by atoms with Gasteiger partial charge in [-0.25, -0.2) is 19.5 Å². The number of aliphatic hydroxyl groups excluding tert-OH is 5. The van der Waals surface area contributed by atoms with E-state index in [1.54, 1.807) is 0 Å². The minimum Gasteiger partial charge on any atom is -0.789 e. The first-order valence-corrected chi connectivity index (χ1v) is 12.7.